The Morgan fingerprint density at radius 3 is 2.79 bits per heavy atom. The first-order chi connectivity index (χ1) is 6.77. The minimum atomic E-state index is -1.59. The van der Waals surface area contributed by atoms with Crippen molar-refractivity contribution in [2.45, 2.75) is 0 Å². The molecule has 0 aliphatic carbocycles. The van der Waals surface area contributed by atoms with Gasteiger partial charge in [-0.3, -0.25) is 0 Å². The summed E-state index contributed by atoms with van der Waals surface area (Å²) in [6.45, 7) is 0. The van der Waals surface area contributed by atoms with E-state index in [9.17, 15) is 0 Å². The molecule has 0 saturated heterocycles. The molecule has 0 aromatic carbocycles. The highest BCUT2D eigenvalue weighted by atomic mass is 16.4. The summed E-state index contributed by atoms with van der Waals surface area (Å²) in [6, 6.07) is 3.23. The van der Waals surface area contributed by atoms with Gasteiger partial charge in [0.1, 0.15) is 12.0 Å². The van der Waals surface area contributed by atoms with Gasteiger partial charge in [0.2, 0.25) is 0 Å². The zero-order valence-corrected chi connectivity index (χ0v) is 7.16. The molecule has 0 unspecified atom stereocenters. The van der Waals surface area contributed by atoms with E-state index in [0.717, 1.165) is 0 Å². The highest BCUT2D eigenvalue weighted by Gasteiger charge is 2.16. The zero-order chi connectivity index (χ0) is 9.97. The summed E-state index contributed by atoms with van der Waals surface area (Å²) in [7, 11) is -1.59. The first-order valence-corrected chi connectivity index (χ1v) is 3.98. The third-order valence-electron chi connectivity index (χ3n) is 1.75. The van der Waals surface area contributed by atoms with E-state index >= 15 is 0 Å². The van der Waals surface area contributed by atoms with Crippen LogP contribution in [0.1, 0.15) is 0 Å². The average molecular weight is 190 g/mol. The fourth-order valence-electron chi connectivity index (χ4n) is 1.08. The molecular formula is C8H7BN2O3. The zero-order valence-electron chi connectivity index (χ0n) is 7.16. The van der Waals surface area contributed by atoms with Crippen LogP contribution >= 0.6 is 0 Å². The van der Waals surface area contributed by atoms with Crippen LogP contribution in [0.15, 0.2) is 35.3 Å². The van der Waals surface area contributed by atoms with Gasteiger partial charge in [0.25, 0.3) is 0 Å². The molecule has 14 heavy (non-hydrogen) atoms. The van der Waals surface area contributed by atoms with Crippen molar-refractivity contribution in [3.05, 3.63) is 30.9 Å². The summed E-state index contributed by atoms with van der Waals surface area (Å²) in [4.78, 5) is 7.76. The van der Waals surface area contributed by atoms with Crippen molar-refractivity contribution in [1.29, 1.82) is 0 Å². The molecule has 0 amide bonds. The smallest absolute Gasteiger partial charge is 0.472 e. The number of hydrogen-bond donors (Lipinski definition) is 2. The van der Waals surface area contributed by atoms with Crippen molar-refractivity contribution in [2.75, 3.05) is 0 Å². The van der Waals surface area contributed by atoms with E-state index in [4.69, 9.17) is 14.5 Å². The summed E-state index contributed by atoms with van der Waals surface area (Å²) in [5.41, 5.74) is 1.46. The second kappa shape index (κ2) is 3.61. The van der Waals surface area contributed by atoms with Gasteiger partial charge in [-0.15, -0.1) is 0 Å². The summed E-state index contributed by atoms with van der Waals surface area (Å²) >= 11 is 0. The van der Waals surface area contributed by atoms with Crippen LogP contribution in [-0.4, -0.2) is 27.1 Å². The molecule has 0 spiro atoms. The maximum absolute atomic E-state index is 8.81. The van der Waals surface area contributed by atoms with Gasteiger partial charge >= 0.3 is 7.12 Å². The van der Waals surface area contributed by atoms with Gasteiger partial charge in [0, 0.05) is 11.8 Å². The highest BCUT2D eigenvalue weighted by Crippen LogP contribution is 2.14. The van der Waals surface area contributed by atoms with Crippen LogP contribution in [0, 0.1) is 0 Å². The van der Waals surface area contributed by atoms with E-state index in [0.29, 0.717) is 11.3 Å². The van der Waals surface area contributed by atoms with Gasteiger partial charge in [0.05, 0.1) is 12.0 Å². The van der Waals surface area contributed by atoms with E-state index in [1.165, 1.54) is 18.7 Å². The normalized spacial score (nSPS) is 10.1. The number of hydrogen-bond acceptors (Lipinski definition) is 5. The van der Waals surface area contributed by atoms with Crippen molar-refractivity contribution in [2.24, 2.45) is 0 Å². The summed E-state index contributed by atoms with van der Waals surface area (Å²) in [5.74, 6) is 0. The summed E-state index contributed by atoms with van der Waals surface area (Å²) < 4.78 is 4.92. The molecule has 2 N–H and O–H groups in total. The molecule has 0 fully saturated rings. The van der Waals surface area contributed by atoms with E-state index in [2.05, 4.69) is 9.97 Å². The van der Waals surface area contributed by atoms with Gasteiger partial charge in [-0.1, -0.05) is 0 Å². The lowest BCUT2D eigenvalue weighted by Crippen LogP contribution is -2.27. The molecule has 6 heteroatoms. The number of nitrogens with zero attached hydrogens (tertiary/aromatic N) is 2. The lowest BCUT2D eigenvalue weighted by atomic mass is 9.87. The quantitative estimate of drug-likeness (QED) is 0.619. The Labute approximate surface area is 80.2 Å². The Bertz CT molecular complexity index is 416. The predicted molar refractivity (Wildman–Crippen MR) is 49.6 cm³/mol. The molecule has 0 atom stereocenters. The van der Waals surface area contributed by atoms with Gasteiger partial charge in [-0.05, 0) is 12.1 Å². The van der Waals surface area contributed by atoms with Gasteiger partial charge < -0.3 is 14.5 Å². The van der Waals surface area contributed by atoms with Crippen LogP contribution in [0.2, 0.25) is 0 Å². The molecule has 0 saturated carbocycles. The average Bonchev–Trinajstić information content (AvgIpc) is 2.68. The van der Waals surface area contributed by atoms with Crippen LogP contribution in [0.4, 0.5) is 0 Å². The summed E-state index contributed by atoms with van der Waals surface area (Å²) in [5, 5.41) is 17.6. The standard InChI is InChI=1S/C8H7BN2O3/c12-9(13)8-3-6(4-14-8)7-1-2-10-5-11-7/h1-5,12-13H. The van der Waals surface area contributed by atoms with Gasteiger partial charge in [-0.25, -0.2) is 9.97 Å². The first kappa shape index (κ1) is 8.92. The van der Waals surface area contributed by atoms with Crippen LogP contribution in [0.25, 0.3) is 11.3 Å². The second-order valence-corrected chi connectivity index (χ2v) is 2.71. The fraction of sp³-hybridized carbons (Fsp3) is 0. The van der Waals surface area contributed by atoms with E-state index < -0.39 is 7.12 Å². The Balaban J connectivity index is 2.34. The third kappa shape index (κ3) is 1.66. The minimum Gasteiger partial charge on any atom is -0.472 e. The maximum atomic E-state index is 8.81. The number of furan rings is 1. The SMILES string of the molecule is OB(O)c1cc(-c2ccncn2)co1. The van der Waals surface area contributed by atoms with Crippen molar-refractivity contribution in [1.82, 2.24) is 9.97 Å². The van der Waals surface area contributed by atoms with Crippen molar-refractivity contribution < 1.29 is 14.5 Å². The predicted octanol–water partition coefficient (Wildman–Crippen LogP) is -0.584. The van der Waals surface area contributed by atoms with Crippen molar-refractivity contribution in [3.63, 3.8) is 0 Å². The molecule has 70 valence electrons. The molecule has 5 nitrogen and oxygen atoms in total. The lowest BCUT2D eigenvalue weighted by molar-refractivity contribution is 0.409. The van der Waals surface area contributed by atoms with Gasteiger partial charge in [0.15, 0.2) is 0 Å². The van der Waals surface area contributed by atoms with E-state index in [1.807, 2.05) is 0 Å². The summed E-state index contributed by atoms with van der Waals surface area (Å²) in [6.07, 6.45) is 4.43. The molecule has 0 aliphatic heterocycles. The van der Waals surface area contributed by atoms with Gasteiger partial charge in [-0.2, -0.15) is 0 Å². The first-order valence-electron chi connectivity index (χ1n) is 3.98. The molecule has 2 heterocycles. The topological polar surface area (TPSA) is 79.4 Å². The maximum Gasteiger partial charge on any atom is 0.526 e. The Kier molecular flexibility index (Phi) is 2.30. The highest BCUT2D eigenvalue weighted by molar-refractivity contribution is 6.57. The van der Waals surface area contributed by atoms with Crippen LogP contribution in [0.3, 0.4) is 0 Å². The molecule has 2 aromatic heterocycles. The third-order valence-corrected chi connectivity index (χ3v) is 1.75. The molecule has 2 rings (SSSR count). The largest absolute Gasteiger partial charge is 0.526 e. The number of rotatable bonds is 2. The fourth-order valence-corrected chi connectivity index (χ4v) is 1.08. The molecular weight excluding hydrogens is 183 g/mol. The van der Waals surface area contributed by atoms with E-state index in [1.54, 1.807) is 12.3 Å². The van der Waals surface area contributed by atoms with Crippen LogP contribution in [-0.2, 0) is 0 Å². The Morgan fingerprint density at radius 2 is 2.21 bits per heavy atom. The Hall–Kier alpha value is -1.66. The van der Waals surface area contributed by atoms with Crippen LogP contribution in [0.5, 0.6) is 0 Å². The molecule has 2 aromatic rings. The minimum absolute atomic E-state index is 0.0959. The second-order valence-electron chi connectivity index (χ2n) is 2.71. The van der Waals surface area contributed by atoms with Crippen LogP contribution < -0.4 is 5.66 Å². The molecule has 0 aliphatic rings. The van der Waals surface area contributed by atoms with Crippen molar-refractivity contribution in [3.8, 4) is 11.3 Å². The number of aromatic nitrogens is 2. The Morgan fingerprint density at radius 1 is 1.36 bits per heavy atom. The molecule has 0 radical (unpaired) electrons. The monoisotopic (exact) mass is 190 g/mol. The molecule has 0 bridgehead atoms. The van der Waals surface area contributed by atoms with E-state index in [-0.39, 0.29) is 5.66 Å². The van der Waals surface area contributed by atoms with Crippen molar-refractivity contribution >= 4 is 12.8 Å². The lowest BCUT2D eigenvalue weighted by Gasteiger charge is -1.91.